The second-order valence-corrected chi connectivity index (χ2v) is 5.41. The Morgan fingerprint density at radius 1 is 1.35 bits per heavy atom. The summed E-state index contributed by atoms with van der Waals surface area (Å²) in [6, 6.07) is 7.44. The highest BCUT2D eigenvalue weighted by Crippen LogP contribution is 2.42. The van der Waals surface area contributed by atoms with E-state index < -0.39 is 5.60 Å². The Kier molecular flexibility index (Phi) is 4.65. The van der Waals surface area contributed by atoms with Gasteiger partial charge in [-0.2, -0.15) is 0 Å². The zero-order valence-corrected chi connectivity index (χ0v) is 12.4. The van der Waals surface area contributed by atoms with Crippen LogP contribution in [0.15, 0.2) is 24.3 Å². The van der Waals surface area contributed by atoms with Gasteiger partial charge in [0.2, 0.25) is 0 Å². The fraction of sp³-hybridized carbons (Fsp3) is 0.562. The molecule has 0 bridgehead atoms. The molecule has 0 saturated heterocycles. The number of nitrogens with one attached hydrogen (secondary N) is 1. The largest absolute Gasteiger partial charge is 0.494 e. The maximum absolute atomic E-state index is 12.3. The van der Waals surface area contributed by atoms with Gasteiger partial charge < -0.3 is 14.8 Å². The molecule has 1 fully saturated rings. The molecule has 0 aromatic heterocycles. The zero-order valence-electron chi connectivity index (χ0n) is 12.4. The van der Waals surface area contributed by atoms with Crippen molar-refractivity contribution < 1.29 is 14.3 Å². The molecule has 4 heteroatoms. The fourth-order valence-electron chi connectivity index (χ4n) is 2.19. The van der Waals surface area contributed by atoms with Gasteiger partial charge in [0.25, 0.3) is 5.91 Å². The lowest BCUT2D eigenvalue weighted by Crippen LogP contribution is -2.43. The molecule has 0 heterocycles. The van der Waals surface area contributed by atoms with Crippen molar-refractivity contribution in [3.05, 3.63) is 24.3 Å². The van der Waals surface area contributed by atoms with E-state index in [1.165, 1.54) is 0 Å². The van der Waals surface area contributed by atoms with Gasteiger partial charge in [0.05, 0.1) is 6.61 Å². The maximum atomic E-state index is 12.3. The summed E-state index contributed by atoms with van der Waals surface area (Å²) in [5.74, 6) is 1.07. The van der Waals surface area contributed by atoms with Crippen molar-refractivity contribution >= 4 is 11.6 Å². The first kappa shape index (κ1) is 14.9. The number of carbonyl (C=O) groups is 1. The normalized spacial score (nSPS) is 17.4. The lowest BCUT2D eigenvalue weighted by atomic mass is 9.99. The van der Waals surface area contributed by atoms with Crippen LogP contribution >= 0.6 is 0 Å². The van der Waals surface area contributed by atoms with E-state index in [4.69, 9.17) is 9.47 Å². The van der Waals surface area contributed by atoms with Crippen LogP contribution < -0.4 is 10.1 Å². The number of benzene rings is 1. The Bertz CT molecular complexity index is 453. The van der Waals surface area contributed by atoms with Crippen molar-refractivity contribution in [2.75, 3.05) is 19.0 Å². The molecule has 1 aromatic carbocycles. The predicted octanol–water partition coefficient (Wildman–Crippen LogP) is 3.23. The topological polar surface area (TPSA) is 47.6 Å². The molecule has 0 radical (unpaired) electrons. The summed E-state index contributed by atoms with van der Waals surface area (Å²) < 4.78 is 11.0. The maximum Gasteiger partial charge on any atom is 0.256 e. The van der Waals surface area contributed by atoms with Crippen LogP contribution in [0.5, 0.6) is 5.75 Å². The lowest BCUT2D eigenvalue weighted by Gasteiger charge is -2.26. The summed E-state index contributed by atoms with van der Waals surface area (Å²) in [4.78, 5) is 12.3. The summed E-state index contributed by atoms with van der Waals surface area (Å²) in [7, 11) is 1.60. The highest BCUT2D eigenvalue weighted by Gasteiger charge is 2.47. The number of ether oxygens (including phenoxy) is 2. The van der Waals surface area contributed by atoms with Crippen LogP contribution in [0.3, 0.4) is 0 Å². The number of amides is 1. The molecule has 1 unspecified atom stereocenters. The average molecular weight is 277 g/mol. The number of carbonyl (C=O) groups excluding carboxylic acids is 1. The van der Waals surface area contributed by atoms with Crippen molar-refractivity contribution in [3.63, 3.8) is 0 Å². The summed E-state index contributed by atoms with van der Waals surface area (Å²) in [5.41, 5.74) is 0.0416. The number of hydrogen-bond acceptors (Lipinski definition) is 3. The first-order chi connectivity index (χ1) is 9.60. The van der Waals surface area contributed by atoms with Gasteiger partial charge in [-0.15, -0.1) is 0 Å². The van der Waals surface area contributed by atoms with Crippen LogP contribution in [-0.4, -0.2) is 25.2 Å². The SMILES string of the molecule is CCCOc1ccc(NC(=O)C(C)(OC)C2CC2)cc1. The van der Waals surface area contributed by atoms with E-state index in [-0.39, 0.29) is 5.91 Å². The van der Waals surface area contributed by atoms with Gasteiger partial charge in [0.1, 0.15) is 11.4 Å². The van der Waals surface area contributed by atoms with Crippen LogP contribution in [0.4, 0.5) is 5.69 Å². The van der Waals surface area contributed by atoms with E-state index in [2.05, 4.69) is 12.2 Å². The monoisotopic (exact) mass is 277 g/mol. The molecule has 1 aromatic rings. The minimum absolute atomic E-state index is 0.0790. The summed E-state index contributed by atoms with van der Waals surface area (Å²) in [6.07, 6.45) is 3.09. The molecule has 1 saturated carbocycles. The molecule has 1 aliphatic rings. The smallest absolute Gasteiger partial charge is 0.256 e. The van der Waals surface area contributed by atoms with Gasteiger partial charge in [-0.3, -0.25) is 4.79 Å². The van der Waals surface area contributed by atoms with Gasteiger partial charge in [0, 0.05) is 12.8 Å². The Balaban J connectivity index is 1.97. The third-order valence-electron chi connectivity index (χ3n) is 3.82. The Morgan fingerprint density at radius 3 is 2.50 bits per heavy atom. The van der Waals surface area contributed by atoms with Crippen molar-refractivity contribution in [2.45, 2.75) is 38.7 Å². The fourth-order valence-corrected chi connectivity index (χ4v) is 2.19. The predicted molar refractivity (Wildman–Crippen MR) is 79.0 cm³/mol. The van der Waals surface area contributed by atoms with E-state index in [0.717, 1.165) is 30.7 Å². The van der Waals surface area contributed by atoms with E-state index >= 15 is 0 Å². The third kappa shape index (κ3) is 3.31. The lowest BCUT2D eigenvalue weighted by molar-refractivity contribution is -0.138. The Morgan fingerprint density at radius 2 is 2.00 bits per heavy atom. The molecule has 0 spiro atoms. The molecule has 2 rings (SSSR count). The molecule has 1 amide bonds. The highest BCUT2D eigenvalue weighted by molar-refractivity contribution is 5.97. The second kappa shape index (κ2) is 6.27. The summed E-state index contributed by atoms with van der Waals surface area (Å²) >= 11 is 0. The molecular formula is C16H23NO3. The Hall–Kier alpha value is -1.55. The molecule has 20 heavy (non-hydrogen) atoms. The molecule has 110 valence electrons. The van der Waals surface area contributed by atoms with Crippen molar-refractivity contribution in [3.8, 4) is 5.75 Å². The van der Waals surface area contributed by atoms with E-state index in [1.54, 1.807) is 7.11 Å². The van der Waals surface area contributed by atoms with Crippen LogP contribution in [0, 0.1) is 5.92 Å². The zero-order chi connectivity index (χ0) is 14.6. The quantitative estimate of drug-likeness (QED) is 0.832. The Labute approximate surface area is 120 Å². The van der Waals surface area contributed by atoms with Crippen molar-refractivity contribution in [1.29, 1.82) is 0 Å². The van der Waals surface area contributed by atoms with Gasteiger partial charge >= 0.3 is 0 Å². The van der Waals surface area contributed by atoms with Crippen molar-refractivity contribution in [2.24, 2.45) is 5.92 Å². The van der Waals surface area contributed by atoms with Crippen LogP contribution in [0.2, 0.25) is 0 Å². The second-order valence-electron chi connectivity index (χ2n) is 5.41. The average Bonchev–Trinajstić information content (AvgIpc) is 3.30. The minimum Gasteiger partial charge on any atom is -0.494 e. The van der Waals surface area contributed by atoms with Crippen LogP contribution in [0.25, 0.3) is 0 Å². The van der Waals surface area contributed by atoms with Gasteiger partial charge in [-0.1, -0.05) is 6.92 Å². The van der Waals surface area contributed by atoms with E-state index in [1.807, 2.05) is 31.2 Å². The molecule has 0 aliphatic heterocycles. The molecule has 1 aliphatic carbocycles. The summed E-state index contributed by atoms with van der Waals surface area (Å²) in [6.45, 7) is 4.63. The molecule has 1 N–H and O–H groups in total. The van der Waals surface area contributed by atoms with E-state index in [9.17, 15) is 4.79 Å². The van der Waals surface area contributed by atoms with Crippen LogP contribution in [0.1, 0.15) is 33.1 Å². The van der Waals surface area contributed by atoms with Gasteiger partial charge in [-0.25, -0.2) is 0 Å². The number of hydrogen-bond donors (Lipinski definition) is 1. The number of methoxy groups -OCH3 is 1. The highest BCUT2D eigenvalue weighted by atomic mass is 16.5. The van der Waals surface area contributed by atoms with Crippen LogP contribution in [-0.2, 0) is 9.53 Å². The van der Waals surface area contributed by atoms with Gasteiger partial charge in [-0.05, 0) is 56.4 Å². The number of rotatable bonds is 7. The van der Waals surface area contributed by atoms with Gasteiger partial charge in [0.15, 0.2) is 0 Å². The first-order valence-corrected chi connectivity index (χ1v) is 7.19. The summed E-state index contributed by atoms with van der Waals surface area (Å²) in [5, 5.41) is 2.92. The van der Waals surface area contributed by atoms with E-state index in [0.29, 0.717) is 12.5 Å². The molecule has 4 nitrogen and oxygen atoms in total. The molecular weight excluding hydrogens is 254 g/mol. The third-order valence-corrected chi connectivity index (χ3v) is 3.82. The first-order valence-electron chi connectivity index (χ1n) is 7.19. The standard InChI is InChI=1S/C16H23NO3/c1-4-11-20-14-9-7-13(8-10-14)17-15(18)16(2,19-3)12-5-6-12/h7-10,12H,4-6,11H2,1-3H3,(H,17,18). The minimum atomic E-state index is -0.725. The molecule has 1 atom stereocenters. The number of anilines is 1. The van der Waals surface area contributed by atoms with Crippen molar-refractivity contribution in [1.82, 2.24) is 0 Å².